The summed E-state index contributed by atoms with van der Waals surface area (Å²) in [4.78, 5) is 1.28. The number of nitrogens with one attached hydrogen (secondary N) is 1. The molecule has 2 aromatic rings. The Bertz CT molecular complexity index is 560. The van der Waals surface area contributed by atoms with Crippen molar-refractivity contribution in [1.29, 1.82) is 0 Å². The minimum Gasteiger partial charge on any atom is -0.493 e. The van der Waals surface area contributed by atoms with Gasteiger partial charge in [0.25, 0.3) is 5.95 Å². The van der Waals surface area contributed by atoms with Crippen molar-refractivity contribution in [1.82, 2.24) is 20.3 Å². The van der Waals surface area contributed by atoms with Gasteiger partial charge in [-0.25, -0.2) is 0 Å². The zero-order valence-corrected chi connectivity index (χ0v) is 11.5. The van der Waals surface area contributed by atoms with Crippen molar-refractivity contribution in [2.24, 2.45) is 0 Å². The van der Waals surface area contributed by atoms with Gasteiger partial charge in [0.15, 0.2) is 11.5 Å². The summed E-state index contributed by atoms with van der Waals surface area (Å²) in [7, 11) is 4.68. The topological polar surface area (TPSA) is 109 Å². The van der Waals surface area contributed by atoms with E-state index in [1.807, 2.05) is 12.1 Å². The standard InChI is InChI=1S/C11H16N6O3/c1-18-8-4-7(5-9(19-2)10(8)20-3)6-13-17-11(12)14-15-16-17/h4-5,13H,6H2,1-3H3,(H2,12,14,16). The first-order chi connectivity index (χ1) is 9.69. The average Bonchev–Trinajstić information content (AvgIpc) is 2.89. The first-order valence-corrected chi connectivity index (χ1v) is 5.76. The van der Waals surface area contributed by atoms with Crippen molar-refractivity contribution in [2.45, 2.75) is 6.54 Å². The SMILES string of the molecule is COc1cc(CNn2nnnc2N)cc(OC)c1OC. The summed E-state index contributed by atoms with van der Waals surface area (Å²) in [6.07, 6.45) is 0. The summed E-state index contributed by atoms with van der Waals surface area (Å²) < 4.78 is 15.8. The van der Waals surface area contributed by atoms with E-state index in [4.69, 9.17) is 19.9 Å². The Hall–Kier alpha value is -2.71. The Morgan fingerprint density at radius 1 is 1.15 bits per heavy atom. The number of hydrogen-bond acceptors (Lipinski definition) is 8. The Morgan fingerprint density at radius 3 is 2.25 bits per heavy atom. The molecule has 0 aliphatic rings. The Morgan fingerprint density at radius 2 is 1.80 bits per heavy atom. The maximum Gasteiger partial charge on any atom is 0.260 e. The fourth-order valence-corrected chi connectivity index (χ4v) is 1.71. The molecule has 9 nitrogen and oxygen atoms in total. The molecule has 0 bridgehead atoms. The smallest absolute Gasteiger partial charge is 0.260 e. The van der Waals surface area contributed by atoms with E-state index in [-0.39, 0.29) is 5.95 Å². The normalized spacial score (nSPS) is 10.2. The van der Waals surface area contributed by atoms with Gasteiger partial charge in [-0.1, -0.05) is 5.10 Å². The molecule has 0 aliphatic carbocycles. The van der Waals surface area contributed by atoms with Crippen molar-refractivity contribution in [3.8, 4) is 17.2 Å². The van der Waals surface area contributed by atoms with Gasteiger partial charge in [0, 0.05) is 0 Å². The molecule has 0 spiro atoms. The molecule has 1 heterocycles. The summed E-state index contributed by atoms with van der Waals surface area (Å²) in [5, 5.41) is 10.7. The van der Waals surface area contributed by atoms with Gasteiger partial charge in [0.1, 0.15) is 0 Å². The number of benzene rings is 1. The summed E-state index contributed by atoms with van der Waals surface area (Å²) in [5.74, 6) is 1.87. The highest BCUT2D eigenvalue weighted by Crippen LogP contribution is 2.38. The van der Waals surface area contributed by atoms with Crippen LogP contribution in [0.15, 0.2) is 12.1 Å². The zero-order chi connectivity index (χ0) is 14.5. The van der Waals surface area contributed by atoms with Gasteiger partial charge < -0.3 is 25.4 Å². The molecule has 20 heavy (non-hydrogen) atoms. The molecule has 9 heteroatoms. The van der Waals surface area contributed by atoms with Crippen LogP contribution in [0.25, 0.3) is 0 Å². The molecule has 0 unspecified atom stereocenters. The molecule has 2 rings (SSSR count). The highest BCUT2D eigenvalue weighted by molar-refractivity contribution is 5.53. The Balaban J connectivity index is 2.21. The van der Waals surface area contributed by atoms with Crippen LogP contribution in [0, 0.1) is 0 Å². The number of nitrogens with two attached hydrogens (primary N) is 1. The number of rotatable bonds is 6. The number of aromatic nitrogens is 4. The number of ether oxygens (including phenoxy) is 3. The van der Waals surface area contributed by atoms with Crippen LogP contribution >= 0.6 is 0 Å². The van der Waals surface area contributed by atoms with E-state index in [1.54, 1.807) is 21.3 Å². The molecule has 1 aromatic carbocycles. The van der Waals surface area contributed by atoms with Crippen LogP contribution in [0.2, 0.25) is 0 Å². The number of anilines is 1. The lowest BCUT2D eigenvalue weighted by atomic mass is 10.2. The summed E-state index contributed by atoms with van der Waals surface area (Å²) in [5.41, 5.74) is 9.41. The third-order valence-corrected chi connectivity index (χ3v) is 2.65. The lowest BCUT2D eigenvalue weighted by molar-refractivity contribution is 0.324. The van der Waals surface area contributed by atoms with Crippen LogP contribution in [0.5, 0.6) is 17.2 Å². The molecular weight excluding hydrogens is 264 g/mol. The first kappa shape index (κ1) is 13.7. The van der Waals surface area contributed by atoms with Gasteiger partial charge in [0.2, 0.25) is 5.75 Å². The van der Waals surface area contributed by atoms with E-state index in [0.29, 0.717) is 23.8 Å². The van der Waals surface area contributed by atoms with E-state index < -0.39 is 0 Å². The molecule has 1 aromatic heterocycles. The van der Waals surface area contributed by atoms with Crippen molar-refractivity contribution >= 4 is 5.95 Å². The molecule has 0 saturated heterocycles. The lowest BCUT2D eigenvalue weighted by Gasteiger charge is -2.14. The third kappa shape index (κ3) is 2.66. The van der Waals surface area contributed by atoms with Crippen LogP contribution in [0.4, 0.5) is 5.95 Å². The average molecular weight is 280 g/mol. The van der Waals surface area contributed by atoms with Gasteiger partial charge in [-0.15, -0.1) is 4.79 Å². The third-order valence-electron chi connectivity index (χ3n) is 2.65. The quantitative estimate of drug-likeness (QED) is 0.762. The second-order valence-electron chi connectivity index (χ2n) is 3.82. The minimum atomic E-state index is 0.178. The Kier molecular flexibility index (Phi) is 4.08. The number of nitrogens with zero attached hydrogens (tertiary/aromatic N) is 4. The predicted molar refractivity (Wildman–Crippen MR) is 71.4 cm³/mol. The highest BCUT2D eigenvalue weighted by atomic mass is 16.5. The van der Waals surface area contributed by atoms with E-state index in [0.717, 1.165) is 5.56 Å². The van der Waals surface area contributed by atoms with Gasteiger partial charge in [0.05, 0.1) is 27.9 Å². The van der Waals surface area contributed by atoms with E-state index in [1.165, 1.54) is 4.79 Å². The monoisotopic (exact) mass is 280 g/mol. The summed E-state index contributed by atoms with van der Waals surface area (Å²) in [6.45, 7) is 0.436. The van der Waals surface area contributed by atoms with Gasteiger partial charge in [-0.05, 0) is 28.1 Å². The van der Waals surface area contributed by atoms with Crippen molar-refractivity contribution in [3.05, 3.63) is 17.7 Å². The maximum atomic E-state index is 5.56. The van der Waals surface area contributed by atoms with E-state index in [9.17, 15) is 0 Å². The summed E-state index contributed by atoms with van der Waals surface area (Å²) >= 11 is 0. The molecule has 0 aliphatic heterocycles. The number of methoxy groups -OCH3 is 3. The predicted octanol–water partition coefficient (Wildman–Crippen LogP) is 0.0248. The molecule has 108 valence electrons. The second-order valence-corrected chi connectivity index (χ2v) is 3.82. The van der Waals surface area contributed by atoms with Crippen molar-refractivity contribution < 1.29 is 14.2 Å². The highest BCUT2D eigenvalue weighted by Gasteiger charge is 2.13. The largest absolute Gasteiger partial charge is 0.493 e. The minimum absolute atomic E-state index is 0.178. The van der Waals surface area contributed by atoms with Crippen LogP contribution in [-0.4, -0.2) is 41.6 Å². The molecule has 0 saturated carbocycles. The summed E-state index contributed by atoms with van der Waals surface area (Å²) in [6, 6.07) is 3.66. The van der Waals surface area contributed by atoms with Gasteiger partial charge in [-0.3, -0.25) is 0 Å². The number of hydrogen-bond donors (Lipinski definition) is 2. The van der Waals surface area contributed by atoms with Crippen molar-refractivity contribution in [2.75, 3.05) is 32.5 Å². The molecular formula is C11H16N6O3. The number of tetrazole rings is 1. The molecule has 3 N–H and O–H groups in total. The molecule has 0 atom stereocenters. The van der Waals surface area contributed by atoms with Gasteiger partial charge in [-0.2, -0.15) is 0 Å². The molecule has 0 fully saturated rings. The van der Waals surface area contributed by atoms with Crippen LogP contribution in [0.1, 0.15) is 5.56 Å². The van der Waals surface area contributed by atoms with E-state index >= 15 is 0 Å². The van der Waals surface area contributed by atoms with Crippen molar-refractivity contribution in [3.63, 3.8) is 0 Å². The zero-order valence-electron chi connectivity index (χ0n) is 11.5. The van der Waals surface area contributed by atoms with Crippen LogP contribution < -0.4 is 25.4 Å². The van der Waals surface area contributed by atoms with E-state index in [2.05, 4.69) is 21.0 Å². The van der Waals surface area contributed by atoms with Crippen LogP contribution in [-0.2, 0) is 6.54 Å². The molecule has 0 amide bonds. The van der Waals surface area contributed by atoms with Gasteiger partial charge >= 0.3 is 0 Å². The maximum absolute atomic E-state index is 5.56. The van der Waals surface area contributed by atoms with Crippen LogP contribution in [0.3, 0.4) is 0 Å². The second kappa shape index (κ2) is 5.95. The fraction of sp³-hybridized carbons (Fsp3) is 0.364. The Labute approximate surface area is 115 Å². The lowest BCUT2D eigenvalue weighted by Crippen LogP contribution is -2.18. The molecule has 0 radical (unpaired) electrons. The first-order valence-electron chi connectivity index (χ1n) is 5.76. The fourth-order valence-electron chi connectivity index (χ4n) is 1.71. The number of nitrogen functional groups attached to an aromatic ring is 1.